The molecule has 1 aromatic carbocycles. The SMILES string of the molecule is NN.O.O=c1[nH]nc2c3c(cccc13)NC(c1cccnc1)C2c1cccnc1. The molecule has 9 nitrogen and oxygen atoms in total. The van der Waals surface area contributed by atoms with E-state index in [1.807, 2.05) is 54.9 Å². The number of H-pyrrole nitrogens is 1. The average Bonchev–Trinajstić information content (AvgIpc) is 2.78. The first-order valence-corrected chi connectivity index (χ1v) is 8.74. The zero-order chi connectivity index (χ0) is 19.5. The molecule has 0 saturated carbocycles. The zero-order valence-electron chi connectivity index (χ0n) is 15.4. The molecule has 4 aromatic rings. The molecule has 0 fully saturated rings. The molecule has 148 valence electrons. The number of benzene rings is 1. The number of rotatable bonds is 2. The Morgan fingerprint density at radius 2 is 1.59 bits per heavy atom. The lowest BCUT2D eigenvalue weighted by Gasteiger charge is -2.34. The van der Waals surface area contributed by atoms with Crippen LogP contribution in [0.4, 0.5) is 5.69 Å². The van der Waals surface area contributed by atoms with Gasteiger partial charge < -0.3 is 10.8 Å². The number of hydrogen-bond donors (Lipinski definition) is 4. The Hall–Kier alpha value is -3.66. The van der Waals surface area contributed by atoms with Gasteiger partial charge in [0.25, 0.3) is 5.56 Å². The maximum atomic E-state index is 12.2. The number of pyridine rings is 2. The topological polar surface area (TPSA) is 167 Å². The Labute approximate surface area is 166 Å². The third-order valence-corrected chi connectivity index (χ3v) is 4.87. The van der Waals surface area contributed by atoms with Crippen LogP contribution in [-0.2, 0) is 0 Å². The summed E-state index contributed by atoms with van der Waals surface area (Å²) in [6, 6.07) is 13.6. The molecule has 0 aliphatic carbocycles. The van der Waals surface area contributed by atoms with Crippen molar-refractivity contribution in [1.29, 1.82) is 0 Å². The first-order valence-electron chi connectivity index (χ1n) is 8.74. The molecule has 0 spiro atoms. The van der Waals surface area contributed by atoms with Gasteiger partial charge in [0, 0.05) is 35.9 Å². The maximum Gasteiger partial charge on any atom is 0.272 e. The molecule has 1 aliphatic heterocycles. The van der Waals surface area contributed by atoms with E-state index in [1.54, 1.807) is 12.4 Å². The standard InChI is InChI=1S/C20H15N5O.H4N2.H2O/c26-20-14-6-1-7-15-17(14)19(24-25-20)16(12-4-2-8-21-10-12)18(23-15)13-5-3-9-22-11-13;1-2;/h1-11,16,18,23H,(H,25,26);1-2H2;1H2. The summed E-state index contributed by atoms with van der Waals surface area (Å²) in [7, 11) is 0. The molecule has 1 aliphatic rings. The predicted molar refractivity (Wildman–Crippen MR) is 111 cm³/mol. The number of hydrazine groups is 1. The van der Waals surface area contributed by atoms with E-state index < -0.39 is 0 Å². The summed E-state index contributed by atoms with van der Waals surface area (Å²) in [5, 5.41) is 12.2. The second kappa shape index (κ2) is 8.57. The summed E-state index contributed by atoms with van der Waals surface area (Å²) in [5.74, 6) is 7.90. The number of anilines is 1. The van der Waals surface area contributed by atoms with E-state index in [1.165, 1.54) is 0 Å². The Morgan fingerprint density at radius 1 is 0.897 bits per heavy atom. The van der Waals surface area contributed by atoms with Gasteiger partial charge in [-0.2, -0.15) is 5.10 Å². The smallest absolute Gasteiger partial charge is 0.272 e. The Bertz CT molecular complexity index is 1150. The molecule has 5 rings (SSSR count). The first kappa shape index (κ1) is 20.1. The van der Waals surface area contributed by atoms with Gasteiger partial charge in [-0.1, -0.05) is 18.2 Å². The minimum atomic E-state index is -0.183. The summed E-state index contributed by atoms with van der Waals surface area (Å²) >= 11 is 0. The molecular weight excluding hydrogens is 370 g/mol. The summed E-state index contributed by atoms with van der Waals surface area (Å²) in [5.41, 5.74) is 3.65. The van der Waals surface area contributed by atoms with Crippen LogP contribution in [0, 0.1) is 0 Å². The van der Waals surface area contributed by atoms with E-state index in [2.05, 4.69) is 37.2 Å². The van der Waals surface area contributed by atoms with Crippen molar-refractivity contribution in [3.05, 3.63) is 94.4 Å². The van der Waals surface area contributed by atoms with Gasteiger partial charge in [0.05, 0.1) is 23.0 Å². The van der Waals surface area contributed by atoms with Crippen molar-refractivity contribution >= 4 is 16.5 Å². The van der Waals surface area contributed by atoms with Crippen molar-refractivity contribution < 1.29 is 5.48 Å². The van der Waals surface area contributed by atoms with E-state index in [9.17, 15) is 4.79 Å². The third-order valence-electron chi connectivity index (χ3n) is 4.87. The first-order chi connectivity index (χ1) is 13.8. The van der Waals surface area contributed by atoms with Gasteiger partial charge in [0.1, 0.15) is 0 Å². The van der Waals surface area contributed by atoms with Crippen molar-refractivity contribution in [3.8, 4) is 0 Å². The van der Waals surface area contributed by atoms with Crippen molar-refractivity contribution in [2.24, 2.45) is 11.7 Å². The number of aromatic nitrogens is 4. The van der Waals surface area contributed by atoms with Gasteiger partial charge in [-0.3, -0.25) is 26.4 Å². The van der Waals surface area contributed by atoms with Crippen molar-refractivity contribution in [2.75, 3.05) is 5.32 Å². The fraction of sp³-hybridized carbons (Fsp3) is 0.100. The van der Waals surface area contributed by atoms with Gasteiger partial charge in [-0.15, -0.1) is 0 Å². The lowest BCUT2D eigenvalue weighted by molar-refractivity contribution is 0.634. The van der Waals surface area contributed by atoms with Gasteiger partial charge in [-0.25, -0.2) is 5.10 Å². The highest BCUT2D eigenvalue weighted by atomic mass is 16.1. The van der Waals surface area contributed by atoms with Crippen LogP contribution >= 0.6 is 0 Å². The largest absolute Gasteiger partial charge is 0.412 e. The fourth-order valence-electron chi connectivity index (χ4n) is 3.74. The minimum Gasteiger partial charge on any atom is -0.412 e. The van der Waals surface area contributed by atoms with E-state index in [4.69, 9.17) is 0 Å². The maximum absolute atomic E-state index is 12.2. The number of nitrogens with zero attached hydrogens (tertiary/aromatic N) is 3. The predicted octanol–water partition coefficient (Wildman–Crippen LogP) is 1.01. The molecule has 0 bridgehead atoms. The third kappa shape index (κ3) is 3.45. The van der Waals surface area contributed by atoms with Crippen LogP contribution in [0.2, 0.25) is 0 Å². The molecule has 0 amide bonds. The molecule has 29 heavy (non-hydrogen) atoms. The highest BCUT2D eigenvalue weighted by Gasteiger charge is 2.34. The second-order valence-electron chi connectivity index (χ2n) is 6.34. The van der Waals surface area contributed by atoms with E-state index in [0.29, 0.717) is 5.39 Å². The molecule has 8 N–H and O–H groups in total. The van der Waals surface area contributed by atoms with Crippen molar-refractivity contribution in [2.45, 2.75) is 12.0 Å². The van der Waals surface area contributed by atoms with Gasteiger partial charge in [0.2, 0.25) is 0 Å². The molecule has 4 heterocycles. The van der Waals surface area contributed by atoms with Crippen LogP contribution in [0.1, 0.15) is 28.8 Å². The molecule has 9 heteroatoms. The summed E-state index contributed by atoms with van der Waals surface area (Å²) in [6.45, 7) is 0. The number of aromatic amines is 1. The van der Waals surface area contributed by atoms with Crippen LogP contribution in [0.15, 0.2) is 72.0 Å². The van der Waals surface area contributed by atoms with E-state index in [0.717, 1.165) is 27.9 Å². The van der Waals surface area contributed by atoms with E-state index in [-0.39, 0.29) is 23.0 Å². The highest BCUT2D eigenvalue weighted by Crippen LogP contribution is 2.45. The van der Waals surface area contributed by atoms with E-state index >= 15 is 0 Å². The van der Waals surface area contributed by atoms with Crippen LogP contribution < -0.4 is 22.6 Å². The summed E-state index contributed by atoms with van der Waals surface area (Å²) in [4.78, 5) is 20.8. The van der Waals surface area contributed by atoms with Crippen LogP contribution in [-0.4, -0.2) is 25.6 Å². The minimum absolute atomic E-state index is 0. The summed E-state index contributed by atoms with van der Waals surface area (Å²) in [6.07, 6.45) is 7.22. The van der Waals surface area contributed by atoms with Gasteiger partial charge in [-0.05, 0) is 35.4 Å². The molecular formula is C20H21N7O2. The highest BCUT2D eigenvalue weighted by molar-refractivity contribution is 5.97. The normalized spacial score (nSPS) is 16.8. The molecule has 0 saturated heterocycles. The zero-order valence-corrected chi connectivity index (χ0v) is 15.4. The Kier molecular flexibility index (Phi) is 5.93. The lowest BCUT2D eigenvalue weighted by Crippen LogP contribution is -2.28. The monoisotopic (exact) mass is 391 g/mol. The Balaban J connectivity index is 0.000000778. The molecule has 0 radical (unpaired) electrons. The van der Waals surface area contributed by atoms with Gasteiger partial charge >= 0.3 is 0 Å². The lowest BCUT2D eigenvalue weighted by atomic mass is 9.81. The van der Waals surface area contributed by atoms with Crippen molar-refractivity contribution in [1.82, 2.24) is 20.2 Å². The number of nitrogens with two attached hydrogens (primary N) is 2. The van der Waals surface area contributed by atoms with Crippen molar-refractivity contribution in [3.63, 3.8) is 0 Å². The summed E-state index contributed by atoms with van der Waals surface area (Å²) < 4.78 is 0. The molecule has 3 aromatic heterocycles. The fourth-order valence-corrected chi connectivity index (χ4v) is 3.74. The average molecular weight is 391 g/mol. The van der Waals surface area contributed by atoms with Crippen LogP contribution in [0.5, 0.6) is 0 Å². The van der Waals surface area contributed by atoms with Crippen LogP contribution in [0.25, 0.3) is 10.8 Å². The number of hydrogen-bond acceptors (Lipinski definition) is 7. The second-order valence-corrected chi connectivity index (χ2v) is 6.34. The van der Waals surface area contributed by atoms with Crippen LogP contribution in [0.3, 0.4) is 0 Å². The quantitative estimate of drug-likeness (QED) is 0.292. The van der Waals surface area contributed by atoms with Gasteiger partial charge in [0.15, 0.2) is 0 Å². The molecule has 2 atom stereocenters. The molecule has 2 unspecified atom stereocenters. The Morgan fingerprint density at radius 3 is 2.24 bits per heavy atom. The number of nitrogens with one attached hydrogen (secondary N) is 2.